The molecule has 1 aromatic heterocycles. The first-order valence-corrected chi connectivity index (χ1v) is 10.3. The zero-order chi connectivity index (χ0) is 18.2. The first-order valence-electron chi connectivity index (χ1n) is 10.3. The highest BCUT2D eigenvalue weighted by molar-refractivity contribution is 5.84. The maximum atomic E-state index is 13.2. The summed E-state index contributed by atoms with van der Waals surface area (Å²) < 4.78 is 2.29. The lowest BCUT2D eigenvalue weighted by Crippen LogP contribution is -2.42. The Hall–Kier alpha value is -2.21. The predicted octanol–water partition coefficient (Wildman–Crippen LogP) is 2.21. The average Bonchev–Trinajstić information content (AvgIpc) is 3.17. The van der Waals surface area contributed by atoms with E-state index in [2.05, 4.69) is 49.2 Å². The van der Waals surface area contributed by atoms with E-state index in [1.165, 1.54) is 11.1 Å². The SMILES string of the molecule is O=C(C1CCCc2ccccc21)N1CCC(c2nnc3n2CCNC3)CC1. The van der Waals surface area contributed by atoms with Gasteiger partial charge in [-0.25, -0.2) is 0 Å². The predicted molar refractivity (Wildman–Crippen MR) is 102 cm³/mol. The number of nitrogens with one attached hydrogen (secondary N) is 1. The average molecular weight is 365 g/mol. The third-order valence-corrected chi connectivity index (χ3v) is 6.49. The van der Waals surface area contributed by atoms with Gasteiger partial charge < -0.3 is 14.8 Å². The van der Waals surface area contributed by atoms with Crippen LogP contribution in [-0.4, -0.2) is 45.2 Å². The highest BCUT2D eigenvalue weighted by atomic mass is 16.2. The van der Waals surface area contributed by atoms with E-state index in [9.17, 15) is 4.79 Å². The van der Waals surface area contributed by atoms with Crippen molar-refractivity contribution in [1.29, 1.82) is 0 Å². The summed E-state index contributed by atoms with van der Waals surface area (Å²) in [4.78, 5) is 15.3. The first-order chi connectivity index (χ1) is 13.3. The van der Waals surface area contributed by atoms with E-state index in [-0.39, 0.29) is 5.92 Å². The standard InChI is InChI=1S/C21H27N5O/c27-21(18-7-3-5-15-4-1-2-6-17(15)18)25-11-8-16(9-12-25)20-24-23-19-14-22-10-13-26(19)20/h1-2,4,6,16,18,22H,3,5,7-14H2. The minimum atomic E-state index is 0.0541. The number of carbonyl (C=O) groups excluding carboxylic acids is 1. The molecular weight excluding hydrogens is 338 g/mol. The summed E-state index contributed by atoms with van der Waals surface area (Å²) >= 11 is 0. The van der Waals surface area contributed by atoms with Crippen LogP contribution in [0.2, 0.25) is 0 Å². The maximum Gasteiger partial charge on any atom is 0.230 e. The Morgan fingerprint density at radius 2 is 1.93 bits per heavy atom. The second kappa shape index (κ2) is 7.08. The fourth-order valence-corrected chi connectivity index (χ4v) is 5.01. The zero-order valence-electron chi connectivity index (χ0n) is 15.7. The van der Waals surface area contributed by atoms with Gasteiger partial charge in [0.05, 0.1) is 12.5 Å². The van der Waals surface area contributed by atoms with Crippen LogP contribution in [0.5, 0.6) is 0 Å². The summed E-state index contributed by atoms with van der Waals surface area (Å²) in [7, 11) is 0. The molecule has 1 unspecified atom stereocenters. The monoisotopic (exact) mass is 365 g/mol. The largest absolute Gasteiger partial charge is 0.342 e. The Kier molecular flexibility index (Phi) is 4.44. The van der Waals surface area contributed by atoms with Gasteiger partial charge >= 0.3 is 0 Å². The first kappa shape index (κ1) is 16.9. The number of amides is 1. The molecule has 27 heavy (non-hydrogen) atoms. The molecule has 1 amide bonds. The van der Waals surface area contributed by atoms with Gasteiger partial charge in [0.15, 0.2) is 0 Å². The van der Waals surface area contributed by atoms with Gasteiger partial charge in [-0.05, 0) is 43.2 Å². The molecule has 1 saturated heterocycles. The number of fused-ring (bicyclic) bond motifs is 2. The van der Waals surface area contributed by atoms with E-state index in [1.54, 1.807) is 0 Å². The van der Waals surface area contributed by atoms with Crippen LogP contribution in [0.3, 0.4) is 0 Å². The number of rotatable bonds is 2. The molecule has 0 bridgehead atoms. The zero-order valence-corrected chi connectivity index (χ0v) is 15.7. The minimum absolute atomic E-state index is 0.0541. The lowest BCUT2D eigenvalue weighted by atomic mass is 9.81. The van der Waals surface area contributed by atoms with Crippen molar-refractivity contribution in [3.05, 3.63) is 47.0 Å². The van der Waals surface area contributed by atoms with Crippen molar-refractivity contribution in [2.24, 2.45) is 0 Å². The highest BCUT2D eigenvalue weighted by Gasteiger charge is 2.33. The van der Waals surface area contributed by atoms with Crippen LogP contribution in [0.1, 0.15) is 60.3 Å². The lowest BCUT2D eigenvalue weighted by molar-refractivity contribution is -0.134. The number of hydrogen-bond acceptors (Lipinski definition) is 4. The molecule has 1 atom stereocenters. The van der Waals surface area contributed by atoms with Crippen LogP contribution in [-0.2, 0) is 24.3 Å². The van der Waals surface area contributed by atoms with E-state index in [4.69, 9.17) is 0 Å². The van der Waals surface area contributed by atoms with Crippen molar-refractivity contribution in [2.75, 3.05) is 19.6 Å². The highest BCUT2D eigenvalue weighted by Crippen LogP contribution is 2.35. The van der Waals surface area contributed by atoms with E-state index < -0.39 is 0 Å². The molecule has 2 aromatic rings. The second-order valence-corrected chi connectivity index (χ2v) is 8.05. The Labute approximate surface area is 160 Å². The fourth-order valence-electron chi connectivity index (χ4n) is 5.01. The summed E-state index contributed by atoms with van der Waals surface area (Å²) in [6, 6.07) is 8.50. The van der Waals surface area contributed by atoms with Crippen molar-refractivity contribution >= 4 is 5.91 Å². The number of hydrogen-bond donors (Lipinski definition) is 1. The lowest BCUT2D eigenvalue weighted by Gasteiger charge is -2.35. The van der Waals surface area contributed by atoms with Gasteiger partial charge in [-0.1, -0.05) is 24.3 Å². The van der Waals surface area contributed by atoms with Crippen molar-refractivity contribution in [3.8, 4) is 0 Å². The number of aryl methyl sites for hydroxylation is 1. The van der Waals surface area contributed by atoms with Crippen LogP contribution in [0.4, 0.5) is 0 Å². The molecule has 6 nitrogen and oxygen atoms in total. The number of benzene rings is 1. The van der Waals surface area contributed by atoms with Gasteiger partial charge in [-0.15, -0.1) is 10.2 Å². The smallest absolute Gasteiger partial charge is 0.230 e. The number of nitrogens with zero attached hydrogens (tertiary/aromatic N) is 4. The van der Waals surface area contributed by atoms with Crippen LogP contribution >= 0.6 is 0 Å². The Balaban J connectivity index is 1.27. The van der Waals surface area contributed by atoms with E-state index in [1.807, 2.05) is 0 Å². The third kappa shape index (κ3) is 3.06. The van der Waals surface area contributed by atoms with Crippen molar-refractivity contribution < 1.29 is 4.79 Å². The van der Waals surface area contributed by atoms with Crippen LogP contribution in [0, 0.1) is 0 Å². The van der Waals surface area contributed by atoms with Crippen molar-refractivity contribution in [3.63, 3.8) is 0 Å². The molecular formula is C21H27N5O. The topological polar surface area (TPSA) is 63.1 Å². The fraction of sp³-hybridized carbons (Fsp3) is 0.571. The third-order valence-electron chi connectivity index (χ3n) is 6.49. The molecule has 1 aliphatic carbocycles. The number of likely N-dealkylation sites (tertiary alicyclic amines) is 1. The molecule has 142 valence electrons. The molecule has 0 radical (unpaired) electrons. The van der Waals surface area contributed by atoms with E-state index in [0.717, 1.165) is 76.5 Å². The molecule has 2 aliphatic heterocycles. The Morgan fingerprint density at radius 3 is 2.81 bits per heavy atom. The molecule has 0 saturated carbocycles. The summed E-state index contributed by atoms with van der Waals surface area (Å²) in [5, 5.41) is 12.2. The van der Waals surface area contributed by atoms with Gasteiger partial charge in [0, 0.05) is 32.1 Å². The molecule has 3 aliphatic rings. The van der Waals surface area contributed by atoms with E-state index >= 15 is 0 Å². The van der Waals surface area contributed by atoms with Crippen LogP contribution in [0.15, 0.2) is 24.3 Å². The Bertz CT molecular complexity index is 837. The van der Waals surface area contributed by atoms with Gasteiger partial charge in [0.1, 0.15) is 11.6 Å². The van der Waals surface area contributed by atoms with Gasteiger partial charge in [-0.3, -0.25) is 4.79 Å². The summed E-state index contributed by atoms with van der Waals surface area (Å²) in [6.45, 7) is 4.42. The van der Waals surface area contributed by atoms with Gasteiger partial charge in [0.25, 0.3) is 0 Å². The van der Waals surface area contributed by atoms with Crippen LogP contribution in [0.25, 0.3) is 0 Å². The molecule has 1 fully saturated rings. The molecule has 6 heteroatoms. The quantitative estimate of drug-likeness (QED) is 0.886. The maximum absolute atomic E-state index is 13.2. The molecule has 3 heterocycles. The van der Waals surface area contributed by atoms with Crippen LogP contribution < -0.4 is 5.32 Å². The molecule has 1 aromatic carbocycles. The number of piperidine rings is 1. The normalized spacial score (nSPS) is 23.0. The van der Waals surface area contributed by atoms with Crippen molar-refractivity contribution in [1.82, 2.24) is 25.0 Å². The molecule has 1 N–H and O–H groups in total. The second-order valence-electron chi connectivity index (χ2n) is 8.05. The van der Waals surface area contributed by atoms with Gasteiger partial charge in [-0.2, -0.15) is 0 Å². The number of carbonyl (C=O) groups is 1. The summed E-state index contributed by atoms with van der Waals surface area (Å²) in [6.07, 6.45) is 5.19. The summed E-state index contributed by atoms with van der Waals surface area (Å²) in [5.74, 6) is 2.98. The minimum Gasteiger partial charge on any atom is -0.342 e. The summed E-state index contributed by atoms with van der Waals surface area (Å²) in [5.41, 5.74) is 2.62. The van der Waals surface area contributed by atoms with Crippen molar-refractivity contribution in [2.45, 2.75) is 57.0 Å². The van der Waals surface area contributed by atoms with E-state index in [0.29, 0.717) is 11.8 Å². The van der Waals surface area contributed by atoms with Gasteiger partial charge in [0.2, 0.25) is 5.91 Å². The number of aromatic nitrogens is 3. The molecule has 0 spiro atoms. The Morgan fingerprint density at radius 1 is 1.07 bits per heavy atom. The molecule has 5 rings (SSSR count).